The Hall–Kier alpha value is -3.61. The number of carbonyl (C=O) groups excluding carboxylic acids is 3. The predicted molar refractivity (Wildman–Crippen MR) is 139 cm³/mol. The van der Waals surface area contributed by atoms with Crippen LogP contribution in [0.2, 0.25) is 0 Å². The van der Waals surface area contributed by atoms with Crippen LogP contribution in [0.3, 0.4) is 0 Å². The van der Waals surface area contributed by atoms with E-state index in [1.807, 2.05) is 12.1 Å². The van der Waals surface area contributed by atoms with Gasteiger partial charge in [-0.1, -0.05) is 46.8 Å². The average molecular weight is 543 g/mol. The van der Waals surface area contributed by atoms with Gasteiger partial charge in [-0.05, 0) is 18.2 Å². The molecule has 1 fully saturated rings. The van der Waals surface area contributed by atoms with Gasteiger partial charge in [-0.3, -0.25) is 19.7 Å². The van der Waals surface area contributed by atoms with Crippen molar-refractivity contribution in [2.75, 3.05) is 30.8 Å². The smallest absolute Gasteiger partial charge is 0.280 e. The molecule has 2 amide bonds. The van der Waals surface area contributed by atoms with Gasteiger partial charge in [0.15, 0.2) is 28.4 Å². The highest BCUT2D eigenvalue weighted by atomic mass is 32.2. The van der Waals surface area contributed by atoms with E-state index < -0.39 is 11.0 Å². The molecule has 0 unspecified atom stereocenters. The molecule has 9 nitrogen and oxygen atoms in total. The zero-order valence-electron chi connectivity index (χ0n) is 19.5. The lowest BCUT2D eigenvalue weighted by Gasteiger charge is -2.10. The summed E-state index contributed by atoms with van der Waals surface area (Å²) in [5.41, 5.74) is 1.22. The Bertz CT molecular complexity index is 1280. The van der Waals surface area contributed by atoms with E-state index in [-0.39, 0.29) is 22.9 Å². The molecule has 2 aromatic carbocycles. The van der Waals surface area contributed by atoms with Crippen molar-refractivity contribution in [2.24, 2.45) is 5.16 Å². The second kappa shape index (κ2) is 13.1. The number of hydrogen-bond acceptors (Lipinski definition) is 9. The zero-order valence-corrected chi connectivity index (χ0v) is 21.1. The standard InChI is InChI=1S/C25H23FN4O5S2/c26-21-13-28-25(37-21)29-24(33)22(30-35-18-9-11-34-15-18)16-5-7-19(8-6-16)36-12-10-27-23(32)20-4-2-1-3-17(20)14-31/h1-8,13-14,18H,9-12,15H2,(H,27,32)(H,28,29,33)/b30-22+/t18-/m1/s1. The molecule has 1 atom stereocenters. The molecule has 192 valence electrons. The maximum Gasteiger partial charge on any atom is 0.280 e. The van der Waals surface area contributed by atoms with Gasteiger partial charge >= 0.3 is 0 Å². The number of oxime groups is 1. The Morgan fingerprint density at radius 3 is 2.76 bits per heavy atom. The van der Waals surface area contributed by atoms with Crippen LogP contribution in [0.4, 0.5) is 9.52 Å². The van der Waals surface area contributed by atoms with Crippen molar-refractivity contribution in [3.63, 3.8) is 0 Å². The van der Waals surface area contributed by atoms with Crippen LogP contribution >= 0.6 is 23.1 Å². The molecule has 0 aliphatic carbocycles. The number of hydrogen-bond donors (Lipinski definition) is 2. The molecule has 37 heavy (non-hydrogen) atoms. The van der Waals surface area contributed by atoms with Crippen molar-refractivity contribution in [1.29, 1.82) is 0 Å². The fourth-order valence-corrected chi connectivity index (χ4v) is 4.67. The summed E-state index contributed by atoms with van der Waals surface area (Å²) in [6.07, 6.45) is 2.11. The number of aromatic nitrogens is 1. The number of nitrogens with zero attached hydrogens (tertiary/aromatic N) is 2. The van der Waals surface area contributed by atoms with E-state index >= 15 is 0 Å². The summed E-state index contributed by atoms with van der Waals surface area (Å²) < 4.78 is 18.6. The highest BCUT2D eigenvalue weighted by Crippen LogP contribution is 2.20. The third kappa shape index (κ3) is 7.44. The normalized spacial score (nSPS) is 15.3. The number of nitrogens with one attached hydrogen (secondary N) is 2. The monoisotopic (exact) mass is 542 g/mol. The number of carbonyl (C=O) groups is 3. The second-order valence-electron chi connectivity index (χ2n) is 7.79. The SMILES string of the molecule is O=Cc1ccccc1C(=O)NCCSc1ccc(/C(=N\O[C@@H]2CCOC2)C(=O)Nc2ncc(F)s2)cc1. The summed E-state index contributed by atoms with van der Waals surface area (Å²) in [4.78, 5) is 46.6. The van der Waals surface area contributed by atoms with Gasteiger partial charge in [0.2, 0.25) is 0 Å². The average Bonchev–Trinajstić information content (AvgIpc) is 3.59. The molecular formula is C25H23FN4O5S2. The number of halogens is 1. The van der Waals surface area contributed by atoms with E-state index in [0.717, 1.165) is 11.1 Å². The van der Waals surface area contributed by atoms with Crippen LogP contribution in [-0.2, 0) is 14.4 Å². The molecule has 0 spiro atoms. The lowest BCUT2D eigenvalue weighted by atomic mass is 10.1. The number of rotatable bonds is 11. The van der Waals surface area contributed by atoms with E-state index in [9.17, 15) is 18.8 Å². The lowest BCUT2D eigenvalue weighted by Crippen LogP contribution is -2.26. The maximum atomic E-state index is 13.3. The first-order chi connectivity index (χ1) is 18.0. The minimum absolute atomic E-state index is 0.0279. The number of amides is 2. The van der Waals surface area contributed by atoms with Crippen molar-refractivity contribution < 1.29 is 28.3 Å². The van der Waals surface area contributed by atoms with Crippen LogP contribution in [-0.4, -0.2) is 60.4 Å². The van der Waals surface area contributed by atoms with E-state index in [1.54, 1.807) is 36.4 Å². The van der Waals surface area contributed by atoms with Gasteiger partial charge in [0.25, 0.3) is 11.8 Å². The van der Waals surface area contributed by atoms with Gasteiger partial charge in [0.1, 0.15) is 0 Å². The molecule has 4 rings (SSSR count). The van der Waals surface area contributed by atoms with Crippen LogP contribution in [0, 0.1) is 5.13 Å². The topological polar surface area (TPSA) is 119 Å². The van der Waals surface area contributed by atoms with Crippen LogP contribution in [0.1, 0.15) is 32.7 Å². The first kappa shape index (κ1) is 26.5. The van der Waals surface area contributed by atoms with Gasteiger partial charge in [-0.15, -0.1) is 11.8 Å². The van der Waals surface area contributed by atoms with Crippen molar-refractivity contribution in [3.05, 3.63) is 76.5 Å². The van der Waals surface area contributed by atoms with Gasteiger partial charge in [-0.2, -0.15) is 4.39 Å². The molecule has 3 aromatic rings. The van der Waals surface area contributed by atoms with Gasteiger partial charge in [0, 0.05) is 40.3 Å². The number of thiazole rings is 1. The fourth-order valence-electron chi connectivity index (χ4n) is 3.36. The molecule has 0 bridgehead atoms. The van der Waals surface area contributed by atoms with Crippen molar-refractivity contribution >= 4 is 52.0 Å². The third-order valence-electron chi connectivity index (χ3n) is 5.21. The largest absolute Gasteiger partial charge is 0.389 e. The zero-order chi connectivity index (χ0) is 26.0. The Morgan fingerprint density at radius 1 is 1.24 bits per heavy atom. The van der Waals surface area contributed by atoms with E-state index in [0.29, 0.717) is 66.2 Å². The van der Waals surface area contributed by atoms with Crippen molar-refractivity contribution in [3.8, 4) is 0 Å². The molecule has 1 aliphatic heterocycles. The maximum absolute atomic E-state index is 13.3. The Labute approximate surface area is 220 Å². The first-order valence-corrected chi connectivity index (χ1v) is 13.1. The molecule has 1 aromatic heterocycles. The Balaban J connectivity index is 1.35. The first-order valence-electron chi connectivity index (χ1n) is 11.3. The summed E-state index contributed by atoms with van der Waals surface area (Å²) in [5.74, 6) is -0.291. The molecular weight excluding hydrogens is 519 g/mol. The minimum Gasteiger partial charge on any atom is -0.389 e. The van der Waals surface area contributed by atoms with Gasteiger partial charge in [0.05, 0.1) is 19.4 Å². The Kier molecular flexibility index (Phi) is 9.35. The highest BCUT2D eigenvalue weighted by molar-refractivity contribution is 7.99. The number of benzene rings is 2. The summed E-state index contributed by atoms with van der Waals surface area (Å²) >= 11 is 2.23. The molecule has 2 N–H and O–H groups in total. The molecule has 12 heteroatoms. The van der Waals surface area contributed by atoms with E-state index in [1.165, 1.54) is 11.8 Å². The highest BCUT2D eigenvalue weighted by Gasteiger charge is 2.21. The number of anilines is 1. The summed E-state index contributed by atoms with van der Waals surface area (Å²) in [7, 11) is 0. The third-order valence-corrected chi connectivity index (χ3v) is 6.93. The quantitative estimate of drug-likeness (QED) is 0.124. The summed E-state index contributed by atoms with van der Waals surface area (Å²) in [6, 6.07) is 13.7. The summed E-state index contributed by atoms with van der Waals surface area (Å²) in [6.45, 7) is 1.36. The van der Waals surface area contributed by atoms with Crippen molar-refractivity contribution in [2.45, 2.75) is 17.4 Å². The van der Waals surface area contributed by atoms with Gasteiger partial charge in [-0.25, -0.2) is 4.98 Å². The minimum atomic E-state index is -0.577. The Morgan fingerprint density at radius 2 is 2.05 bits per heavy atom. The van der Waals surface area contributed by atoms with Gasteiger partial charge < -0.3 is 14.9 Å². The predicted octanol–water partition coefficient (Wildman–Crippen LogP) is 3.77. The molecule has 0 saturated carbocycles. The van der Waals surface area contributed by atoms with Crippen molar-refractivity contribution in [1.82, 2.24) is 10.3 Å². The number of thioether (sulfide) groups is 1. The number of ether oxygens (including phenoxy) is 1. The van der Waals surface area contributed by atoms with E-state index in [2.05, 4.69) is 20.8 Å². The summed E-state index contributed by atoms with van der Waals surface area (Å²) in [5, 5.41) is 9.03. The van der Waals surface area contributed by atoms with Crippen LogP contribution in [0.25, 0.3) is 0 Å². The van der Waals surface area contributed by atoms with E-state index in [4.69, 9.17) is 9.57 Å². The molecule has 1 saturated heterocycles. The molecule has 0 radical (unpaired) electrons. The molecule has 1 aliphatic rings. The van der Waals surface area contributed by atoms with Crippen LogP contribution in [0.5, 0.6) is 0 Å². The second-order valence-corrected chi connectivity index (χ2v) is 9.94. The molecule has 2 heterocycles. The number of aldehydes is 1. The lowest BCUT2D eigenvalue weighted by molar-refractivity contribution is -0.110. The van der Waals surface area contributed by atoms with Crippen LogP contribution < -0.4 is 10.6 Å². The fraction of sp³-hybridized carbons (Fsp3) is 0.240. The van der Waals surface area contributed by atoms with Crippen LogP contribution in [0.15, 0.2) is 64.8 Å².